The fourth-order valence-electron chi connectivity index (χ4n) is 3.46. The van der Waals surface area contributed by atoms with Gasteiger partial charge in [-0.3, -0.25) is 0 Å². The van der Waals surface area contributed by atoms with Crippen LogP contribution >= 0.6 is 0 Å². The van der Waals surface area contributed by atoms with Crippen molar-refractivity contribution in [3.63, 3.8) is 0 Å². The van der Waals surface area contributed by atoms with Gasteiger partial charge in [-0.1, -0.05) is 99.5 Å². The van der Waals surface area contributed by atoms with Crippen molar-refractivity contribution < 1.29 is 51.0 Å². The summed E-state index contributed by atoms with van der Waals surface area (Å²) in [7, 11) is 0. The molecule has 0 heterocycles. The van der Waals surface area contributed by atoms with Crippen LogP contribution in [0.4, 0.5) is 0 Å². The normalized spacial score (nSPS) is 9.24. The Labute approximate surface area is 207 Å². The second-order valence-corrected chi connectivity index (χ2v) is 6.99. The molecule has 0 fully saturated rings. The molecule has 0 aliphatic rings. The van der Waals surface area contributed by atoms with Gasteiger partial charge < -0.3 is 24.8 Å². The molecule has 0 saturated heterocycles. The van der Waals surface area contributed by atoms with E-state index in [-0.39, 0.29) is 51.0 Å². The largest absolute Gasteiger partial charge is 4.00 e. The summed E-state index contributed by atoms with van der Waals surface area (Å²) >= 11 is 0. The molecule has 0 N–H and O–H groups in total. The molecule has 0 bridgehead atoms. The van der Waals surface area contributed by atoms with Crippen molar-refractivity contribution >= 4 is 0 Å². The number of hydrogen-bond acceptors (Lipinski definition) is 0. The zero-order valence-electron chi connectivity index (χ0n) is 17.3. The van der Waals surface area contributed by atoms with Crippen molar-refractivity contribution in [1.82, 2.24) is 0 Å². The molecule has 0 atom stereocenters. The molecule has 4 aromatic carbocycles. The minimum atomic E-state index is 0. The summed E-state index contributed by atoms with van der Waals surface area (Å²) in [5.74, 6) is 0. The van der Waals surface area contributed by atoms with Crippen molar-refractivity contribution in [1.29, 1.82) is 0 Å². The van der Waals surface area contributed by atoms with Gasteiger partial charge in [0.1, 0.15) is 0 Å². The van der Waals surface area contributed by atoms with Gasteiger partial charge in [0, 0.05) is 0 Å². The fraction of sp³-hybridized carbons (Fsp3) is 0.154. The van der Waals surface area contributed by atoms with Crippen molar-refractivity contribution in [3.8, 4) is 22.3 Å². The average molecular weight is 501 g/mol. The Kier molecular flexibility index (Phi) is 12.4. The van der Waals surface area contributed by atoms with E-state index < -0.39 is 0 Å². The zero-order chi connectivity index (χ0) is 18.5. The third-order valence-corrected chi connectivity index (χ3v) is 4.65. The molecule has 0 aliphatic carbocycles. The Morgan fingerprint density at radius 3 is 1.07 bits per heavy atom. The van der Waals surface area contributed by atoms with Gasteiger partial charge in [-0.2, -0.15) is 45.5 Å². The molecule has 0 aromatic heterocycles. The van der Waals surface area contributed by atoms with Gasteiger partial charge in [0.2, 0.25) is 0 Å². The summed E-state index contributed by atoms with van der Waals surface area (Å²) in [4.78, 5) is 0. The van der Waals surface area contributed by atoms with E-state index in [2.05, 4.69) is 113 Å². The van der Waals surface area contributed by atoms with Crippen LogP contribution in [0.2, 0.25) is 0 Å². The van der Waals surface area contributed by atoms with E-state index in [1.54, 1.807) is 0 Å². The molecule has 0 aliphatic heterocycles. The molecule has 0 nitrogen and oxygen atoms in total. The van der Waals surface area contributed by atoms with Crippen LogP contribution < -0.4 is 24.8 Å². The molecule has 0 saturated carbocycles. The summed E-state index contributed by atoms with van der Waals surface area (Å²) in [6, 6.07) is 30.0. The molecule has 4 aromatic rings. The van der Waals surface area contributed by atoms with Crippen LogP contribution in [-0.2, 0) is 26.2 Å². The first kappa shape index (κ1) is 27.6. The maximum atomic E-state index is 2.24. The Bertz CT molecular complexity index is 885. The predicted octanol–water partition coefficient (Wildman–Crippen LogP) is 1.38. The predicted molar refractivity (Wildman–Crippen MR) is 114 cm³/mol. The fourth-order valence-corrected chi connectivity index (χ4v) is 3.46. The van der Waals surface area contributed by atoms with E-state index in [4.69, 9.17) is 0 Å². The Balaban J connectivity index is 0.000000490. The molecule has 148 valence electrons. The van der Waals surface area contributed by atoms with Crippen molar-refractivity contribution in [2.24, 2.45) is 0 Å². The summed E-state index contributed by atoms with van der Waals surface area (Å²) in [5.41, 5.74) is 10.8. The van der Waals surface area contributed by atoms with Crippen molar-refractivity contribution in [3.05, 3.63) is 107 Å². The second kappa shape index (κ2) is 13.0. The van der Waals surface area contributed by atoms with Crippen LogP contribution in [0.1, 0.15) is 22.3 Å². The summed E-state index contributed by atoms with van der Waals surface area (Å²) in [5, 5.41) is 0. The number of aryl methyl sites for hydroxylation is 4. The average Bonchev–Trinajstić information content (AvgIpc) is 3.17. The van der Waals surface area contributed by atoms with Gasteiger partial charge in [-0.15, -0.1) is 0 Å². The first-order valence-corrected chi connectivity index (χ1v) is 9.13. The first-order valence-electron chi connectivity index (χ1n) is 9.13. The number of hydrogen-bond donors (Lipinski definition) is 0. The van der Waals surface area contributed by atoms with E-state index >= 15 is 0 Å². The minimum Gasteiger partial charge on any atom is -1.00 e. The van der Waals surface area contributed by atoms with Crippen LogP contribution in [0.15, 0.2) is 84.9 Å². The quantitative estimate of drug-likeness (QED) is 0.365. The van der Waals surface area contributed by atoms with Gasteiger partial charge in [0.15, 0.2) is 0 Å². The maximum Gasteiger partial charge on any atom is 4.00 e. The minimum absolute atomic E-state index is 0. The van der Waals surface area contributed by atoms with E-state index in [1.165, 1.54) is 44.5 Å². The third kappa shape index (κ3) is 7.41. The summed E-state index contributed by atoms with van der Waals surface area (Å²) in [6.45, 7) is 8.60. The number of rotatable bonds is 2. The van der Waals surface area contributed by atoms with E-state index in [9.17, 15) is 0 Å². The van der Waals surface area contributed by atoms with Crippen molar-refractivity contribution in [2.75, 3.05) is 0 Å². The molecule has 3 heteroatoms. The Morgan fingerprint density at radius 2 is 0.828 bits per heavy atom. The molecule has 0 amide bonds. The third-order valence-electron chi connectivity index (χ3n) is 4.65. The van der Waals surface area contributed by atoms with Crippen LogP contribution in [0.5, 0.6) is 0 Å². The van der Waals surface area contributed by atoms with E-state index in [1.807, 2.05) is 0 Å². The van der Waals surface area contributed by atoms with Gasteiger partial charge in [-0.05, 0) is 0 Å². The van der Waals surface area contributed by atoms with Crippen LogP contribution in [0, 0.1) is 27.7 Å². The second-order valence-electron chi connectivity index (χ2n) is 6.99. The first-order chi connectivity index (χ1) is 12.5. The summed E-state index contributed by atoms with van der Waals surface area (Å²) < 4.78 is 0. The maximum absolute atomic E-state index is 2.24. The standard InChI is InChI=1S/2C13H13.2ClH.Zr/c2*1-10-8-11(2)13(9-10)12-6-4-3-5-7-12;;;/h2*3-9H,1-2H3;2*1H;/q2*-1;;;+4/p-2. The van der Waals surface area contributed by atoms with E-state index in [0.717, 1.165) is 0 Å². The molecule has 0 spiro atoms. The van der Waals surface area contributed by atoms with Gasteiger partial charge in [0.25, 0.3) is 0 Å². The topological polar surface area (TPSA) is 0 Å². The molecular weight excluding hydrogens is 474 g/mol. The Hall–Kier alpha value is -1.40. The number of halogens is 2. The van der Waals surface area contributed by atoms with Gasteiger partial charge in [0.05, 0.1) is 0 Å². The molecular formula is C26H26Cl2Zr. The van der Waals surface area contributed by atoms with Crippen LogP contribution in [0.25, 0.3) is 22.3 Å². The smallest absolute Gasteiger partial charge is 1.00 e. The van der Waals surface area contributed by atoms with Crippen molar-refractivity contribution in [2.45, 2.75) is 27.7 Å². The van der Waals surface area contributed by atoms with Crippen LogP contribution in [-0.4, -0.2) is 0 Å². The monoisotopic (exact) mass is 498 g/mol. The molecule has 0 unspecified atom stereocenters. The molecule has 4 rings (SSSR count). The van der Waals surface area contributed by atoms with Gasteiger partial charge >= 0.3 is 26.2 Å². The van der Waals surface area contributed by atoms with E-state index in [0.29, 0.717) is 0 Å². The SMILES string of the molecule is Cc1cc(-c2ccccc2)c(C)[cH-]1.Cc1cc(-c2ccccc2)c(C)[cH-]1.[Cl-].[Cl-].[Zr+4]. The Morgan fingerprint density at radius 1 is 0.517 bits per heavy atom. The summed E-state index contributed by atoms with van der Waals surface area (Å²) in [6.07, 6.45) is 0. The number of benzene rings is 2. The van der Waals surface area contributed by atoms with Crippen LogP contribution in [0.3, 0.4) is 0 Å². The van der Waals surface area contributed by atoms with Gasteiger partial charge in [-0.25, -0.2) is 12.1 Å². The zero-order valence-corrected chi connectivity index (χ0v) is 21.3. The molecule has 0 radical (unpaired) electrons. The molecule has 29 heavy (non-hydrogen) atoms.